The summed E-state index contributed by atoms with van der Waals surface area (Å²) in [6.45, 7) is 1.78. The van der Waals surface area contributed by atoms with Crippen LogP contribution in [0.15, 0.2) is 51.8 Å². The minimum Gasteiger partial charge on any atom is -0.497 e. The van der Waals surface area contributed by atoms with Gasteiger partial charge in [-0.25, -0.2) is 8.42 Å². The molecule has 122 valence electrons. The van der Waals surface area contributed by atoms with Crippen molar-refractivity contribution < 1.29 is 17.9 Å². The molecule has 0 saturated carbocycles. The normalized spacial score (nSPS) is 11.1. The van der Waals surface area contributed by atoms with Crippen LogP contribution in [-0.2, 0) is 10.0 Å². The highest BCUT2D eigenvalue weighted by atomic mass is 79.9. The third-order valence-electron chi connectivity index (χ3n) is 3.09. The van der Waals surface area contributed by atoms with E-state index < -0.39 is 15.9 Å². The molecule has 0 atom stereocenters. The third kappa shape index (κ3) is 4.31. The molecule has 1 amide bonds. The van der Waals surface area contributed by atoms with Gasteiger partial charge in [0.25, 0.3) is 15.9 Å². The fourth-order valence-corrected chi connectivity index (χ4v) is 2.94. The van der Waals surface area contributed by atoms with Crippen LogP contribution in [-0.4, -0.2) is 21.4 Å². The van der Waals surface area contributed by atoms with E-state index in [4.69, 9.17) is 4.74 Å². The van der Waals surface area contributed by atoms with Crippen LogP contribution in [0.2, 0.25) is 0 Å². The number of sulfonamides is 1. The van der Waals surface area contributed by atoms with E-state index in [1.807, 2.05) is 0 Å². The molecule has 0 aliphatic heterocycles. The lowest BCUT2D eigenvalue weighted by Crippen LogP contribution is -2.41. The Bertz CT molecular complexity index is 820. The fourth-order valence-electron chi connectivity index (χ4n) is 1.77. The van der Waals surface area contributed by atoms with E-state index in [9.17, 15) is 13.2 Å². The van der Waals surface area contributed by atoms with Crippen molar-refractivity contribution in [2.45, 2.75) is 11.8 Å². The first-order valence-electron chi connectivity index (χ1n) is 6.56. The van der Waals surface area contributed by atoms with E-state index in [0.717, 1.165) is 10.0 Å². The second-order valence-corrected chi connectivity index (χ2v) is 7.24. The molecule has 0 bridgehead atoms. The molecular formula is C15H15BrN2O4S. The summed E-state index contributed by atoms with van der Waals surface area (Å²) in [6.07, 6.45) is 0. The maximum atomic E-state index is 12.2. The Morgan fingerprint density at radius 1 is 1.13 bits per heavy atom. The van der Waals surface area contributed by atoms with Crippen LogP contribution < -0.4 is 15.0 Å². The maximum absolute atomic E-state index is 12.2. The summed E-state index contributed by atoms with van der Waals surface area (Å²) in [7, 11) is -2.33. The van der Waals surface area contributed by atoms with Gasteiger partial charge in [0.15, 0.2) is 0 Å². The first kappa shape index (κ1) is 17.5. The van der Waals surface area contributed by atoms with Gasteiger partial charge in [0.1, 0.15) is 5.75 Å². The molecule has 0 aliphatic rings. The number of carbonyl (C=O) groups is 1. The predicted octanol–water partition coefficient (Wildman–Crippen LogP) is 2.39. The lowest BCUT2D eigenvalue weighted by Gasteiger charge is -2.10. The third-order valence-corrected chi connectivity index (χ3v) is 5.23. The van der Waals surface area contributed by atoms with Gasteiger partial charge in [0.2, 0.25) is 0 Å². The number of amides is 1. The number of nitrogens with one attached hydrogen (secondary N) is 2. The molecule has 0 fully saturated rings. The lowest BCUT2D eigenvalue weighted by atomic mass is 10.2. The second kappa shape index (κ2) is 7.12. The SMILES string of the molecule is COc1ccc(C(=O)NNS(=O)(=O)c2ccc(Br)c(C)c2)cc1. The second-order valence-electron chi connectivity index (χ2n) is 4.70. The van der Waals surface area contributed by atoms with Gasteiger partial charge >= 0.3 is 0 Å². The van der Waals surface area contributed by atoms with Crippen molar-refractivity contribution in [3.05, 3.63) is 58.1 Å². The highest BCUT2D eigenvalue weighted by Gasteiger charge is 2.16. The Labute approximate surface area is 143 Å². The molecule has 0 radical (unpaired) electrons. The first-order chi connectivity index (χ1) is 10.8. The van der Waals surface area contributed by atoms with E-state index in [1.165, 1.54) is 31.4 Å². The average molecular weight is 399 g/mol. The van der Waals surface area contributed by atoms with Crippen LogP contribution in [0.5, 0.6) is 5.75 Å². The number of hydrazine groups is 1. The number of ether oxygens (including phenoxy) is 1. The van der Waals surface area contributed by atoms with Crippen LogP contribution in [0, 0.1) is 6.92 Å². The summed E-state index contributed by atoms with van der Waals surface area (Å²) < 4.78 is 30.1. The van der Waals surface area contributed by atoms with Crippen LogP contribution in [0.4, 0.5) is 0 Å². The highest BCUT2D eigenvalue weighted by molar-refractivity contribution is 9.10. The molecule has 2 rings (SSSR count). The molecule has 0 heterocycles. The highest BCUT2D eigenvalue weighted by Crippen LogP contribution is 2.19. The summed E-state index contributed by atoms with van der Waals surface area (Å²) in [5.74, 6) is 0.0394. The Kier molecular flexibility index (Phi) is 5.40. The molecule has 2 N–H and O–H groups in total. The Morgan fingerprint density at radius 2 is 1.78 bits per heavy atom. The number of halogens is 1. The van der Waals surface area contributed by atoms with Gasteiger partial charge in [-0.15, -0.1) is 4.83 Å². The zero-order valence-corrected chi connectivity index (χ0v) is 14.9. The van der Waals surface area contributed by atoms with Crippen LogP contribution in [0.1, 0.15) is 15.9 Å². The molecule has 2 aromatic rings. The average Bonchev–Trinajstić information content (AvgIpc) is 2.55. The van der Waals surface area contributed by atoms with Gasteiger partial charge in [-0.2, -0.15) is 0 Å². The number of carbonyl (C=O) groups excluding carboxylic acids is 1. The van der Waals surface area contributed by atoms with Crippen molar-refractivity contribution in [2.24, 2.45) is 0 Å². The zero-order valence-electron chi connectivity index (χ0n) is 12.5. The molecule has 6 nitrogen and oxygen atoms in total. The molecule has 0 aromatic heterocycles. The Balaban J connectivity index is 2.08. The topological polar surface area (TPSA) is 84.5 Å². The molecule has 0 saturated heterocycles. The zero-order chi connectivity index (χ0) is 17.0. The minimum atomic E-state index is -3.84. The van der Waals surface area contributed by atoms with Crippen molar-refractivity contribution in [3.8, 4) is 5.75 Å². The summed E-state index contributed by atoms with van der Waals surface area (Å²) in [5, 5.41) is 0. The number of hydrogen-bond donors (Lipinski definition) is 2. The van der Waals surface area contributed by atoms with E-state index in [-0.39, 0.29) is 4.90 Å². The van der Waals surface area contributed by atoms with Crippen molar-refractivity contribution in [1.82, 2.24) is 10.3 Å². The standard InChI is InChI=1S/C15H15BrN2O4S/c1-10-9-13(7-8-14(10)16)23(20,21)18-17-15(19)11-3-5-12(22-2)6-4-11/h3-9,18H,1-2H3,(H,17,19). The lowest BCUT2D eigenvalue weighted by molar-refractivity contribution is 0.0945. The summed E-state index contributed by atoms with van der Waals surface area (Å²) >= 11 is 3.31. The molecule has 0 aliphatic carbocycles. The molecule has 2 aromatic carbocycles. The number of hydrogen-bond acceptors (Lipinski definition) is 4. The van der Waals surface area contributed by atoms with Gasteiger partial charge in [-0.3, -0.25) is 10.2 Å². The smallest absolute Gasteiger partial charge is 0.266 e. The van der Waals surface area contributed by atoms with Gasteiger partial charge in [0, 0.05) is 10.0 Å². The van der Waals surface area contributed by atoms with Crippen molar-refractivity contribution in [3.63, 3.8) is 0 Å². The quantitative estimate of drug-likeness (QED) is 0.757. The maximum Gasteiger partial charge on any atom is 0.266 e. The molecule has 8 heteroatoms. The molecule has 0 unspecified atom stereocenters. The number of rotatable bonds is 5. The van der Waals surface area contributed by atoms with Gasteiger partial charge in [0.05, 0.1) is 12.0 Å². The number of benzene rings is 2. The first-order valence-corrected chi connectivity index (χ1v) is 8.83. The van der Waals surface area contributed by atoms with Gasteiger partial charge < -0.3 is 4.74 Å². The van der Waals surface area contributed by atoms with Gasteiger partial charge in [-0.1, -0.05) is 15.9 Å². The van der Waals surface area contributed by atoms with E-state index in [0.29, 0.717) is 11.3 Å². The Morgan fingerprint density at radius 3 is 2.35 bits per heavy atom. The largest absolute Gasteiger partial charge is 0.497 e. The van der Waals surface area contributed by atoms with Gasteiger partial charge in [-0.05, 0) is 55.0 Å². The van der Waals surface area contributed by atoms with E-state index in [2.05, 4.69) is 26.2 Å². The number of aryl methyl sites for hydroxylation is 1. The number of methoxy groups -OCH3 is 1. The van der Waals surface area contributed by atoms with Crippen LogP contribution >= 0.6 is 15.9 Å². The monoisotopic (exact) mass is 398 g/mol. The van der Waals surface area contributed by atoms with Crippen molar-refractivity contribution >= 4 is 31.9 Å². The van der Waals surface area contributed by atoms with Crippen LogP contribution in [0.3, 0.4) is 0 Å². The summed E-state index contributed by atoms with van der Waals surface area (Å²) in [6, 6.07) is 10.9. The van der Waals surface area contributed by atoms with Crippen molar-refractivity contribution in [2.75, 3.05) is 7.11 Å². The van der Waals surface area contributed by atoms with Crippen LogP contribution in [0.25, 0.3) is 0 Å². The minimum absolute atomic E-state index is 0.0632. The molecule has 23 heavy (non-hydrogen) atoms. The van der Waals surface area contributed by atoms with E-state index >= 15 is 0 Å². The molecular weight excluding hydrogens is 384 g/mol. The predicted molar refractivity (Wildman–Crippen MR) is 89.7 cm³/mol. The van der Waals surface area contributed by atoms with Crippen molar-refractivity contribution in [1.29, 1.82) is 0 Å². The van der Waals surface area contributed by atoms with E-state index in [1.54, 1.807) is 25.1 Å². The summed E-state index contributed by atoms with van der Waals surface area (Å²) in [4.78, 5) is 14.1. The summed E-state index contributed by atoms with van der Waals surface area (Å²) in [5.41, 5.74) is 3.26. The Hall–Kier alpha value is -1.90. The fraction of sp³-hybridized carbons (Fsp3) is 0.133. The molecule has 0 spiro atoms.